The Balaban J connectivity index is 2.97. The van der Waals surface area contributed by atoms with Crippen molar-refractivity contribution in [3.63, 3.8) is 0 Å². The fourth-order valence-electron chi connectivity index (χ4n) is 1.55. The SMILES string of the molecule is CC(C)(C)N(CCC(=O)O)C(=O)c1ccc(=O)[nH]n1. The van der Waals surface area contributed by atoms with Gasteiger partial charge in [0.05, 0.1) is 6.42 Å². The van der Waals surface area contributed by atoms with Crippen molar-refractivity contribution < 1.29 is 14.7 Å². The Hall–Kier alpha value is -2.18. The number of rotatable bonds is 4. The first-order valence-corrected chi connectivity index (χ1v) is 5.81. The molecule has 1 aromatic heterocycles. The van der Waals surface area contributed by atoms with Crippen LogP contribution in [0.25, 0.3) is 0 Å². The highest BCUT2D eigenvalue weighted by molar-refractivity contribution is 5.92. The van der Waals surface area contributed by atoms with Gasteiger partial charge < -0.3 is 10.0 Å². The highest BCUT2D eigenvalue weighted by Gasteiger charge is 2.28. The summed E-state index contributed by atoms with van der Waals surface area (Å²) in [5.41, 5.74) is -0.853. The zero-order chi connectivity index (χ0) is 14.6. The topological polar surface area (TPSA) is 103 Å². The minimum Gasteiger partial charge on any atom is -0.481 e. The van der Waals surface area contributed by atoms with E-state index in [0.717, 1.165) is 0 Å². The highest BCUT2D eigenvalue weighted by atomic mass is 16.4. The van der Waals surface area contributed by atoms with Crippen LogP contribution in [-0.2, 0) is 4.79 Å². The van der Waals surface area contributed by atoms with Crippen molar-refractivity contribution in [3.8, 4) is 0 Å². The van der Waals surface area contributed by atoms with Crippen molar-refractivity contribution in [2.75, 3.05) is 6.54 Å². The lowest BCUT2D eigenvalue weighted by atomic mass is 10.0. The van der Waals surface area contributed by atoms with E-state index in [4.69, 9.17) is 5.11 Å². The maximum atomic E-state index is 12.3. The number of H-pyrrole nitrogens is 1. The largest absolute Gasteiger partial charge is 0.481 e. The third kappa shape index (κ3) is 4.20. The fraction of sp³-hybridized carbons (Fsp3) is 0.500. The quantitative estimate of drug-likeness (QED) is 0.826. The molecule has 0 aliphatic rings. The second kappa shape index (κ2) is 5.64. The van der Waals surface area contributed by atoms with Crippen molar-refractivity contribution in [2.24, 2.45) is 0 Å². The summed E-state index contributed by atoms with van der Waals surface area (Å²) < 4.78 is 0. The average Bonchev–Trinajstić information content (AvgIpc) is 2.27. The molecule has 1 rings (SSSR count). The van der Waals surface area contributed by atoms with Gasteiger partial charge in [0, 0.05) is 18.2 Å². The Bertz CT molecular complexity index is 510. The van der Waals surface area contributed by atoms with Gasteiger partial charge in [-0.1, -0.05) is 0 Å². The molecule has 0 saturated carbocycles. The van der Waals surface area contributed by atoms with E-state index >= 15 is 0 Å². The molecule has 1 amide bonds. The van der Waals surface area contributed by atoms with E-state index in [-0.39, 0.29) is 18.7 Å². The molecule has 7 heteroatoms. The van der Waals surface area contributed by atoms with Gasteiger partial charge in [-0.05, 0) is 26.8 Å². The Kier molecular flexibility index (Phi) is 4.42. The summed E-state index contributed by atoms with van der Waals surface area (Å²) in [4.78, 5) is 35.2. The summed E-state index contributed by atoms with van der Waals surface area (Å²) in [6.07, 6.45) is -0.146. The van der Waals surface area contributed by atoms with Crippen LogP contribution in [-0.4, -0.2) is 44.2 Å². The number of carbonyl (C=O) groups is 2. The average molecular weight is 267 g/mol. The Morgan fingerprint density at radius 3 is 2.42 bits per heavy atom. The summed E-state index contributed by atoms with van der Waals surface area (Å²) in [6.45, 7) is 5.49. The van der Waals surface area contributed by atoms with Crippen LogP contribution in [0.5, 0.6) is 0 Å². The standard InChI is InChI=1S/C12H17N3O4/c1-12(2,3)15(7-6-10(17)18)11(19)8-4-5-9(16)14-13-8/h4-5H,6-7H2,1-3H3,(H,14,16)(H,17,18). The Morgan fingerprint density at radius 2 is 2.00 bits per heavy atom. The number of hydrogen-bond donors (Lipinski definition) is 2. The maximum Gasteiger partial charge on any atom is 0.305 e. The smallest absolute Gasteiger partial charge is 0.305 e. The number of nitrogens with one attached hydrogen (secondary N) is 1. The monoisotopic (exact) mass is 267 g/mol. The van der Waals surface area contributed by atoms with E-state index in [2.05, 4.69) is 10.2 Å². The van der Waals surface area contributed by atoms with Gasteiger partial charge in [-0.2, -0.15) is 5.10 Å². The van der Waals surface area contributed by atoms with Crippen LogP contribution < -0.4 is 5.56 Å². The summed E-state index contributed by atoms with van der Waals surface area (Å²) in [5, 5.41) is 14.6. The lowest BCUT2D eigenvalue weighted by Gasteiger charge is -2.35. The van der Waals surface area contributed by atoms with E-state index in [1.165, 1.54) is 17.0 Å². The second-order valence-electron chi connectivity index (χ2n) is 5.08. The number of aromatic nitrogens is 2. The number of amides is 1. The number of nitrogens with zero attached hydrogens (tertiary/aromatic N) is 2. The molecule has 1 heterocycles. The zero-order valence-electron chi connectivity index (χ0n) is 11.1. The molecule has 2 N–H and O–H groups in total. The number of aromatic amines is 1. The van der Waals surface area contributed by atoms with Crippen LogP contribution in [0.2, 0.25) is 0 Å². The van der Waals surface area contributed by atoms with Gasteiger partial charge in [0.1, 0.15) is 5.69 Å². The van der Waals surface area contributed by atoms with Crippen molar-refractivity contribution in [3.05, 3.63) is 28.2 Å². The molecule has 104 valence electrons. The van der Waals surface area contributed by atoms with Gasteiger partial charge in [-0.25, -0.2) is 5.10 Å². The number of aliphatic carboxylic acids is 1. The van der Waals surface area contributed by atoms with Crippen LogP contribution in [0.15, 0.2) is 16.9 Å². The molecule has 0 saturated heterocycles. The summed E-state index contributed by atoms with van der Waals surface area (Å²) in [5.74, 6) is -1.39. The van der Waals surface area contributed by atoms with Gasteiger partial charge in [-0.3, -0.25) is 14.4 Å². The number of carbonyl (C=O) groups excluding carboxylic acids is 1. The van der Waals surface area contributed by atoms with Crippen molar-refractivity contribution in [1.82, 2.24) is 15.1 Å². The van der Waals surface area contributed by atoms with Gasteiger partial charge in [0.25, 0.3) is 11.5 Å². The molecule has 19 heavy (non-hydrogen) atoms. The Labute approximate surface area is 110 Å². The lowest BCUT2D eigenvalue weighted by Crippen LogP contribution is -2.47. The third-order valence-electron chi connectivity index (χ3n) is 2.50. The van der Waals surface area contributed by atoms with Gasteiger partial charge >= 0.3 is 5.97 Å². The van der Waals surface area contributed by atoms with Crippen LogP contribution in [0.4, 0.5) is 0 Å². The number of hydrogen-bond acceptors (Lipinski definition) is 4. The first-order chi connectivity index (χ1) is 8.71. The van der Waals surface area contributed by atoms with Crippen molar-refractivity contribution >= 4 is 11.9 Å². The van der Waals surface area contributed by atoms with Crippen molar-refractivity contribution in [2.45, 2.75) is 32.7 Å². The van der Waals surface area contributed by atoms with E-state index in [9.17, 15) is 14.4 Å². The number of carboxylic acid groups (broad SMARTS) is 1. The van der Waals surface area contributed by atoms with Crippen LogP contribution in [0.1, 0.15) is 37.7 Å². The summed E-state index contributed by atoms with van der Waals surface area (Å²) in [7, 11) is 0. The van der Waals surface area contributed by atoms with Gasteiger partial charge in [-0.15, -0.1) is 0 Å². The number of carboxylic acids is 1. The molecule has 0 spiro atoms. The second-order valence-corrected chi connectivity index (χ2v) is 5.08. The molecular weight excluding hydrogens is 250 g/mol. The third-order valence-corrected chi connectivity index (χ3v) is 2.50. The molecule has 0 radical (unpaired) electrons. The molecule has 0 aliphatic carbocycles. The minimum atomic E-state index is -0.975. The van der Waals surface area contributed by atoms with Gasteiger partial charge in [0.2, 0.25) is 0 Å². The lowest BCUT2D eigenvalue weighted by molar-refractivity contribution is -0.137. The predicted molar refractivity (Wildman–Crippen MR) is 67.9 cm³/mol. The molecule has 0 fully saturated rings. The predicted octanol–water partition coefficient (Wildman–Crippen LogP) is 0.485. The highest BCUT2D eigenvalue weighted by Crippen LogP contribution is 2.16. The Morgan fingerprint density at radius 1 is 1.37 bits per heavy atom. The minimum absolute atomic E-state index is 0.0818. The van der Waals surface area contributed by atoms with Crippen LogP contribution in [0.3, 0.4) is 0 Å². The van der Waals surface area contributed by atoms with E-state index in [1.54, 1.807) is 20.8 Å². The summed E-state index contributed by atoms with van der Waals surface area (Å²) >= 11 is 0. The van der Waals surface area contributed by atoms with Crippen LogP contribution in [0, 0.1) is 0 Å². The first-order valence-electron chi connectivity index (χ1n) is 5.81. The first kappa shape index (κ1) is 14.9. The van der Waals surface area contributed by atoms with Crippen molar-refractivity contribution in [1.29, 1.82) is 0 Å². The maximum absolute atomic E-state index is 12.3. The normalized spacial score (nSPS) is 11.1. The summed E-state index contributed by atoms with van der Waals surface area (Å²) in [6, 6.07) is 2.53. The van der Waals surface area contributed by atoms with Crippen LogP contribution >= 0.6 is 0 Å². The molecule has 0 aliphatic heterocycles. The molecule has 0 aromatic carbocycles. The molecule has 0 atom stereocenters. The van der Waals surface area contributed by atoms with E-state index < -0.39 is 23.0 Å². The van der Waals surface area contributed by atoms with Gasteiger partial charge in [0.15, 0.2) is 0 Å². The molecule has 0 bridgehead atoms. The van der Waals surface area contributed by atoms with E-state index in [1.807, 2.05) is 0 Å². The molecule has 0 unspecified atom stereocenters. The zero-order valence-corrected chi connectivity index (χ0v) is 11.1. The molecular formula is C12H17N3O4. The molecule has 1 aromatic rings. The van der Waals surface area contributed by atoms with E-state index in [0.29, 0.717) is 0 Å². The fourth-order valence-corrected chi connectivity index (χ4v) is 1.55. The molecule has 7 nitrogen and oxygen atoms in total.